The van der Waals surface area contributed by atoms with Crippen molar-refractivity contribution in [1.82, 2.24) is 5.32 Å². The molecule has 0 aromatic heterocycles. The fourth-order valence-electron chi connectivity index (χ4n) is 5.25. The van der Waals surface area contributed by atoms with Gasteiger partial charge in [-0.05, 0) is 47.0 Å². The fourth-order valence-corrected chi connectivity index (χ4v) is 5.51. The molecule has 0 radical (unpaired) electrons. The molecule has 7 heteroatoms. The van der Waals surface area contributed by atoms with E-state index in [4.69, 9.17) is 4.74 Å². The molecule has 1 fully saturated rings. The Balaban J connectivity index is 1.82. The lowest BCUT2D eigenvalue weighted by Gasteiger charge is -2.35. The number of esters is 1. The number of carbonyl (C=O) groups excluding carboxylic acids is 2. The second-order valence-corrected chi connectivity index (χ2v) is 8.97. The first-order chi connectivity index (χ1) is 15.5. The molecule has 0 saturated carbocycles. The van der Waals surface area contributed by atoms with Crippen molar-refractivity contribution in [2.75, 3.05) is 12.4 Å². The lowest BCUT2D eigenvalue weighted by Crippen LogP contribution is -2.44. The average molecular weight is 495 g/mol. The van der Waals surface area contributed by atoms with Crippen LogP contribution in [0.15, 0.2) is 77.3 Å². The van der Waals surface area contributed by atoms with Crippen LogP contribution in [0.2, 0.25) is 0 Å². The molecule has 32 heavy (non-hydrogen) atoms. The molecule has 1 saturated heterocycles. The molecule has 0 bridgehead atoms. The van der Waals surface area contributed by atoms with Gasteiger partial charge in [-0.1, -0.05) is 58.4 Å². The molecule has 3 aromatic rings. The van der Waals surface area contributed by atoms with Gasteiger partial charge >= 0.3 is 5.97 Å². The number of amides is 1. The van der Waals surface area contributed by atoms with E-state index in [1.807, 2.05) is 48.5 Å². The molecule has 0 aliphatic carbocycles. The molecule has 1 amide bonds. The zero-order valence-electron chi connectivity index (χ0n) is 17.1. The summed E-state index contributed by atoms with van der Waals surface area (Å²) in [6.07, 6.45) is 0. The summed E-state index contributed by atoms with van der Waals surface area (Å²) in [7, 11) is 1.31. The second-order valence-electron chi connectivity index (χ2n) is 8.05. The number of fused-ring (bicyclic) bond motifs is 2. The summed E-state index contributed by atoms with van der Waals surface area (Å²) in [6, 6.07) is 19.8. The van der Waals surface area contributed by atoms with Gasteiger partial charge in [0.2, 0.25) is 5.91 Å². The third-order valence-electron chi connectivity index (χ3n) is 6.49. The topological polar surface area (TPSA) is 67.4 Å². The van der Waals surface area contributed by atoms with Crippen molar-refractivity contribution in [2.24, 2.45) is 0 Å². The van der Waals surface area contributed by atoms with Crippen LogP contribution in [-0.4, -0.2) is 25.0 Å². The number of rotatable bonds is 3. The van der Waals surface area contributed by atoms with E-state index in [0.717, 1.165) is 15.6 Å². The van der Waals surface area contributed by atoms with Crippen molar-refractivity contribution in [2.45, 2.75) is 23.4 Å². The molecular formula is C25H20BrFN2O3. The minimum Gasteiger partial charge on any atom is -0.468 e. The highest BCUT2D eigenvalue weighted by Crippen LogP contribution is 2.59. The highest BCUT2D eigenvalue weighted by Gasteiger charge is 2.66. The summed E-state index contributed by atoms with van der Waals surface area (Å²) in [5.74, 6) is -1.86. The Morgan fingerprint density at radius 2 is 1.78 bits per heavy atom. The van der Waals surface area contributed by atoms with Gasteiger partial charge in [-0.15, -0.1) is 0 Å². The Labute approximate surface area is 193 Å². The van der Waals surface area contributed by atoms with E-state index in [-0.39, 0.29) is 5.91 Å². The first-order valence-corrected chi connectivity index (χ1v) is 11.0. The Bertz CT molecular complexity index is 1220. The maximum absolute atomic E-state index is 14.3. The molecular weight excluding hydrogens is 475 g/mol. The summed E-state index contributed by atoms with van der Waals surface area (Å²) in [6.45, 7) is 0. The zero-order valence-corrected chi connectivity index (χ0v) is 18.7. The maximum atomic E-state index is 14.3. The number of anilines is 1. The standard InChI is InChI=1S/C25H20BrFN2O3/c1-32-23(30)21-20(15-5-4-6-17(27)13-15)25(18-7-2-3-8-19(18)28-24(25)31)22(29-21)14-9-11-16(26)12-10-14/h2-13,20-22,29H,1H3,(H,28,31)/t20-,21+,22+,25+/m0/s1. The van der Waals surface area contributed by atoms with Crippen LogP contribution in [0.4, 0.5) is 10.1 Å². The Morgan fingerprint density at radius 3 is 2.50 bits per heavy atom. The number of hydrogen-bond donors (Lipinski definition) is 2. The van der Waals surface area contributed by atoms with Crippen LogP contribution >= 0.6 is 15.9 Å². The van der Waals surface area contributed by atoms with Crippen LogP contribution in [0.5, 0.6) is 0 Å². The number of ether oxygens (including phenoxy) is 1. The summed E-state index contributed by atoms with van der Waals surface area (Å²) < 4.78 is 20.3. The van der Waals surface area contributed by atoms with Crippen LogP contribution in [-0.2, 0) is 19.7 Å². The predicted molar refractivity (Wildman–Crippen MR) is 122 cm³/mol. The van der Waals surface area contributed by atoms with Crippen LogP contribution in [0.1, 0.15) is 28.7 Å². The predicted octanol–water partition coefficient (Wildman–Crippen LogP) is 4.45. The molecule has 5 rings (SSSR count). The fraction of sp³-hybridized carbons (Fsp3) is 0.200. The van der Waals surface area contributed by atoms with E-state index in [2.05, 4.69) is 26.6 Å². The molecule has 1 spiro atoms. The largest absolute Gasteiger partial charge is 0.468 e. The SMILES string of the molecule is COC(=O)[C@@H]1N[C@H](c2ccc(Br)cc2)[C@]2(C(=O)Nc3ccccc32)[C@H]1c1cccc(F)c1. The first kappa shape index (κ1) is 20.8. The van der Waals surface area contributed by atoms with Gasteiger partial charge < -0.3 is 10.1 Å². The van der Waals surface area contributed by atoms with Crippen molar-refractivity contribution in [1.29, 1.82) is 0 Å². The highest BCUT2D eigenvalue weighted by molar-refractivity contribution is 9.10. The van der Waals surface area contributed by atoms with Crippen molar-refractivity contribution in [3.63, 3.8) is 0 Å². The van der Waals surface area contributed by atoms with E-state index in [9.17, 15) is 14.0 Å². The number of halogens is 2. The van der Waals surface area contributed by atoms with E-state index >= 15 is 0 Å². The molecule has 2 aliphatic rings. The number of para-hydroxylation sites is 1. The van der Waals surface area contributed by atoms with Crippen molar-refractivity contribution in [3.8, 4) is 0 Å². The molecule has 5 nitrogen and oxygen atoms in total. The van der Waals surface area contributed by atoms with E-state index in [1.165, 1.54) is 19.2 Å². The Hall–Kier alpha value is -3.03. The minimum atomic E-state index is -1.18. The highest BCUT2D eigenvalue weighted by atomic mass is 79.9. The van der Waals surface area contributed by atoms with Crippen molar-refractivity contribution >= 4 is 33.5 Å². The zero-order chi connectivity index (χ0) is 22.5. The van der Waals surface area contributed by atoms with Gasteiger partial charge in [-0.25, -0.2) is 4.39 Å². The van der Waals surface area contributed by atoms with Gasteiger partial charge in [0.1, 0.15) is 17.3 Å². The van der Waals surface area contributed by atoms with Crippen molar-refractivity contribution in [3.05, 3.63) is 99.8 Å². The van der Waals surface area contributed by atoms with Crippen LogP contribution < -0.4 is 10.6 Å². The molecule has 0 unspecified atom stereocenters. The van der Waals surface area contributed by atoms with E-state index < -0.39 is 35.2 Å². The molecule has 3 aromatic carbocycles. The molecule has 4 atom stereocenters. The molecule has 2 heterocycles. The lowest BCUT2D eigenvalue weighted by atomic mass is 9.63. The molecule has 162 valence electrons. The van der Waals surface area contributed by atoms with Gasteiger partial charge in [-0.3, -0.25) is 14.9 Å². The number of nitrogens with one attached hydrogen (secondary N) is 2. The number of carbonyl (C=O) groups is 2. The maximum Gasteiger partial charge on any atom is 0.323 e. The summed E-state index contributed by atoms with van der Waals surface area (Å²) in [5.41, 5.74) is 1.67. The first-order valence-electron chi connectivity index (χ1n) is 10.2. The Kier molecular flexibility index (Phi) is 5.10. The van der Waals surface area contributed by atoms with Gasteiger partial charge in [-0.2, -0.15) is 0 Å². The number of methoxy groups -OCH3 is 1. The quantitative estimate of drug-likeness (QED) is 0.528. The van der Waals surface area contributed by atoms with E-state index in [1.54, 1.807) is 12.1 Å². The smallest absolute Gasteiger partial charge is 0.323 e. The average Bonchev–Trinajstić information content (AvgIpc) is 3.30. The minimum absolute atomic E-state index is 0.236. The van der Waals surface area contributed by atoms with Gasteiger partial charge in [0, 0.05) is 16.1 Å². The molecule has 2 N–H and O–H groups in total. The van der Waals surface area contributed by atoms with Gasteiger partial charge in [0.15, 0.2) is 0 Å². The second kappa shape index (κ2) is 7.83. The van der Waals surface area contributed by atoms with Crippen LogP contribution in [0.25, 0.3) is 0 Å². The third kappa shape index (κ3) is 2.99. The Morgan fingerprint density at radius 1 is 1.03 bits per heavy atom. The lowest BCUT2D eigenvalue weighted by molar-refractivity contribution is -0.143. The summed E-state index contributed by atoms with van der Waals surface area (Å²) in [4.78, 5) is 26.8. The normalized spacial score (nSPS) is 26.1. The third-order valence-corrected chi connectivity index (χ3v) is 7.02. The van der Waals surface area contributed by atoms with E-state index in [0.29, 0.717) is 11.3 Å². The summed E-state index contributed by atoms with van der Waals surface area (Å²) in [5, 5.41) is 6.38. The summed E-state index contributed by atoms with van der Waals surface area (Å²) >= 11 is 3.45. The van der Waals surface area contributed by atoms with Gasteiger partial charge in [0.25, 0.3) is 0 Å². The monoisotopic (exact) mass is 494 g/mol. The van der Waals surface area contributed by atoms with Crippen molar-refractivity contribution < 1.29 is 18.7 Å². The molecule has 2 aliphatic heterocycles. The number of benzene rings is 3. The van der Waals surface area contributed by atoms with Crippen LogP contribution in [0.3, 0.4) is 0 Å². The van der Waals surface area contributed by atoms with Crippen LogP contribution in [0, 0.1) is 5.82 Å². The van der Waals surface area contributed by atoms with Gasteiger partial charge in [0.05, 0.1) is 13.2 Å². The number of hydrogen-bond acceptors (Lipinski definition) is 4.